The molecule has 0 bridgehead atoms. The summed E-state index contributed by atoms with van der Waals surface area (Å²) in [5, 5.41) is 6.87. The summed E-state index contributed by atoms with van der Waals surface area (Å²) >= 11 is 17.1. The molecule has 0 fully saturated rings. The summed E-state index contributed by atoms with van der Waals surface area (Å²) in [5.41, 5.74) is 0.755. The maximum atomic E-state index is 12.0. The third-order valence-electron chi connectivity index (χ3n) is 3.81. The number of benzene rings is 2. The molecule has 5 nitrogen and oxygen atoms in total. The molecule has 0 heterocycles. The van der Waals surface area contributed by atoms with Gasteiger partial charge in [0.2, 0.25) is 5.91 Å². The van der Waals surface area contributed by atoms with Crippen LogP contribution in [0.2, 0.25) is 10.0 Å². The van der Waals surface area contributed by atoms with Crippen molar-refractivity contribution in [1.82, 2.24) is 5.32 Å². The first-order valence-corrected chi connectivity index (χ1v) is 10.6. The van der Waals surface area contributed by atoms with E-state index < -0.39 is 0 Å². The lowest BCUT2D eigenvalue weighted by atomic mass is 10.3. The number of ether oxygens (including phenoxy) is 2. The second kappa shape index (κ2) is 12.5. The molecule has 1 amide bonds. The molecular weight excluding hydrogens is 431 g/mol. The quantitative estimate of drug-likeness (QED) is 0.348. The first-order valence-electron chi connectivity index (χ1n) is 9.39. The molecule has 0 unspecified atom stereocenters. The fourth-order valence-corrected chi connectivity index (χ4v) is 3.05. The summed E-state index contributed by atoms with van der Waals surface area (Å²) in [5.74, 6) is 1.11. The summed E-state index contributed by atoms with van der Waals surface area (Å²) in [6.07, 6.45) is 2.87. The average Bonchev–Trinajstić information content (AvgIpc) is 2.67. The van der Waals surface area contributed by atoms with E-state index in [0.717, 1.165) is 24.3 Å². The highest BCUT2D eigenvalue weighted by molar-refractivity contribution is 7.80. The number of amides is 1. The Hall–Kier alpha value is -2.02. The van der Waals surface area contributed by atoms with Gasteiger partial charge in [-0.05, 0) is 55.4 Å². The predicted octanol–water partition coefficient (Wildman–Crippen LogP) is 5.84. The standard InChI is InChI=1S/C21H24Cl2N2O3S/c1-2-3-11-27-17-7-4-6-16(14-17)24-21(29)25-20(26)8-5-12-28-19-10-9-15(22)13-18(19)23/h4,6-7,9-10,13-14H,2-3,5,8,11-12H2,1H3,(H2,24,25,26,29). The van der Waals surface area contributed by atoms with Crippen LogP contribution in [-0.4, -0.2) is 24.2 Å². The minimum absolute atomic E-state index is 0.191. The van der Waals surface area contributed by atoms with Gasteiger partial charge in [0.1, 0.15) is 11.5 Å². The molecule has 0 aliphatic heterocycles. The van der Waals surface area contributed by atoms with Crippen LogP contribution in [0.1, 0.15) is 32.6 Å². The molecule has 0 aromatic heterocycles. The minimum atomic E-state index is -0.191. The van der Waals surface area contributed by atoms with Gasteiger partial charge in [-0.3, -0.25) is 4.79 Å². The number of carbonyl (C=O) groups is 1. The normalized spacial score (nSPS) is 10.3. The lowest BCUT2D eigenvalue weighted by Gasteiger charge is -2.12. The molecule has 8 heteroatoms. The summed E-state index contributed by atoms with van der Waals surface area (Å²) in [6, 6.07) is 12.5. The van der Waals surface area contributed by atoms with Crippen LogP contribution in [0, 0.1) is 0 Å². The Morgan fingerprint density at radius 2 is 1.86 bits per heavy atom. The van der Waals surface area contributed by atoms with E-state index in [4.69, 9.17) is 44.9 Å². The molecule has 2 aromatic carbocycles. The molecule has 156 valence electrons. The Labute approximate surface area is 186 Å². The third-order valence-corrected chi connectivity index (χ3v) is 4.55. The number of hydrogen-bond donors (Lipinski definition) is 2. The number of unbranched alkanes of at least 4 members (excludes halogenated alkanes) is 1. The lowest BCUT2D eigenvalue weighted by Crippen LogP contribution is -2.34. The molecule has 0 atom stereocenters. The van der Waals surface area contributed by atoms with Gasteiger partial charge < -0.3 is 20.1 Å². The zero-order valence-corrected chi connectivity index (χ0v) is 18.5. The lowest BCUT2D eigenvalue weighted by molar-refractivity contribution is -0.119. The second-order valence-electron chi connectivity index (χ2n) is 6.26. The highest BCUT2D eigenvalue weighted by Gasteiger charge is 2.07. The van der Waals surface area contributed by atoms with Gasteiger partial charge in [-0.25, -0.2) is 0 Å². The average molecular weight is 455 g/mol. The monoisotopic (exact) mass is 454 g/mol. The van der Waals surface area contributed by atoms with Gasteiger partial charge in [0.25, 0.3) is 0 Å². The number of hydrogen-bond acceptors (Lipinski definition) is 4. The highest BCUT2D eigenvalue weighted by atomic mass is 35.5. The van der Waals surface area contributed by atoms with E-state index in [1.807, 2.05) is 24.3 Å². The molecule has 0 saturated carbocycles. The largest absolute Gasteiger partial charge is 0.494 e. The van der Waals surface area contributed by atoms with Crippen LogP contribution in [0.3, 0.4) is 0 Å². The topological polar surface area (TPSA) is 59.6 Å². The second-order valence-corrected chi connectivity index (χ2v) is 7.51. The van der Waals surface area contributed by atoms with Crippen LogP contribution >= 0.6 is 35.4 Å². The van der Waals surface area contributed by atoms with Crippen molar-refractivity contribution in [3.8, 4) is 11.5 Å². The first-order chi connectivity index (χ1) is 14.0. The van der Waals surface area contributed by atoms with Gasteiger partial charge in [-0.2, -0.15) is 0 Å². The molecule has 2 aromatic rings. The maximum absolute atomic E-state index is 12.0. The van der Waals surface area contributed by atoms with Crippen LogP contribution in [0.5, 0.6) is 11.5 Å². The fourth-order valence-electron chi connectivity index (χ4n) is 2.36. The number of thiocarbonyl (C=S) groups is 1. The van der Waals surface area contributed by atoms with E-state index in [1.54, 1.807) is 18.2 Å². The van der Waals surface area contributed by atoms with Gasteiger partial charge in [0.15, 0.2) is 5.11 Å². The zero-order chi connectivity index (χ0) is 21.1. The van der Waals surface area contributed by atoms with Crippen molar-refractivity contribution in [2.24, 2.45) is 0 Å². The van der Waals surface area contributed by atoms with Crippen molar-refractivity contribution in [2.75, 3.05) is 18.5 Å². The van der Waals surface area contributed by atoms with Gasteiger partial charge in [-0.1, -0.05) is 42.6 Å². The third kappa shape index (κ3) is 8.90. The maximum Gasteiger partial charge on any atom is 0.226 e. The van der Waals surface area contributed by atoms with Gasteiger partial charge in [-0.15, -0.1) is 0 Å². The number of halogens is 2. The molecular formula is C21H24Cl2N2O3S. The zero-order valence-electron chi connectivity index (χ0n) is 16.2. The Kier molecular flexibility index (Phi) is 10.0. The molecule has 0 aliphatic carbocycles. The van der Waals surface area contributed by atoms with Crippen molar-refractivity contribution in [1.29, 1.82) is 0 Å². The number of nitrogens with one attached hydrogen (secondary N) is 2. The van der Waals surface area contributed by atoms with Crippen molar-refractivity contribution >= 4 is 52.1 Å². The number of anilines is 1. The summed E-state index contributed by atoms with van der Waals surface area (Å²) in [6.45, 7) is 3.14. The number of carbonyl (C=O) groups excluding carboxylic acids is 1. The molecule has 2 rings (SSSR count). The Balaban J connectivity index is 1.69. The van der Waals surface area contributed by atoms with Crippen molar-refractivity contribution < 1.29 is 14.3 Å². The SMILES string of the molecule is CCCCOc1cccc(NC(=S)NC(=O)CCCOc2ccc(Cl)cc2Cl)c1. The molecule has 0 aliphatic rings. The Bertz CT molecular complexity index is 833. The van der Waals surface area contributed by atoms with E-state index >= 15 is 0 Å². The van der Waals surface area contributed by atoms with Crippen LogP contribution in [-0.2, 0) is 4.79 Å². The van der Waals surface area contributed by atoms with Gasteiger partial charge in [0, 0.05) is 23.2 Å². The van der Waals surface area contributed by atoms with Crippen LogP contribution in [0.15, 0.2) is 42.5 Å². The van der Waals surface area contributed by atoms with E-state index in [9.17, 15) is 4.79 Å². The Morgan fingerprint density at radius 3 is 2.62 bits per heavy atom. The van der Waals surface area contributed by atoms with E-state index in [0.29, 0.717) is 35.4 Å². The summed E-state index contributed by atoms with van der Waals surface area (Å²) in [7, 11) is 0. The number of rotatable bonds is 10. The molecule has 0 spiro atoms. The van der Waals surface area contributed by atoms with E-state index in [1.165, 1.54) is 0 Å². The van der Waals surface area contributed by atoms with Crippen molar-refractivity contribution in [2.45, 2.75) is 32.6 Å². The minimum Gasteiger partial charge on any atom is -0.494 e. The Morgan fingerprint density at radius 1 is 1.07 bits per heavy atom. The highest BCUT2D eigenvalue weighted by Crippen LogP contribution is 2.27. The van der Waals surface area contributed by atoms with Gasteiger partial charge in [0.05, 0.1) is 18.2 Å². The molecule has 0 saturated heterocycles. The summed E-state index contributed by atoms with van der Waals surface area (Å²) in [4.78, 5) is 12.0. The van der Waals surface area contributed by atoms with Crippen molar-refractivity contribution in [3.05, 3.63) is 52.5 Å². The molecule has 2 N–H and O–H groups in total. The van der Waals surface area contributed by atoms with Gasteiger partial charge >= 0.3 is 0 Å². The summed E-state index contributed by atoms with van der Waals surface area (Å²) < 4.78 is 11.2. The van der Waals surface area contributed by atoms with E-state index in [2.05, 4.69) is 17.6 Å². The molecule has 29 heavy (non-hydrogen) atoms. The first kappa shape index (κ1) is 23.3. The smallest absolute Gasteiger partial charge is 0.226 e. The fraction of sp³-hybridized carbons (Fsp3) is 0.333. The van der Waals surface area contributed by atoms with E-state index in [-0.39, 0.29) is 17.4 Å². The predicted molar refractivity (Wildman–Crippen MR) is 122 cm³/mol. The van der Waals surface area contributed by atoms with Crippen LogP contribution < -0.4 is 20.1 Å². The molecule has 0 radical (unpaired) electrons. The van der Waals surface area contributed by atoms with Crippen molar-refractivity contribution in [3.63, 3.8) is 0 Å². The van der Waals surface area contributed by atoms with Crippen LogP contribution in [0.4, 0.5) is 5.69 Å². The van der Waals surface area contributed by atoms with Crippen LogP contribution in [0.25, 0.3) is 0 Å².